The average molecular weight is 410 g/mol. The predicted molar refractivity (Wildman–Crippen MR) is 118 cm³/mol. The van der Waals surface area contributed by atoms with Gasteiger partial charge in [-0.1, -0.05) is 32.1 Å². The van der Waals surface area contributed by atoms with E-state index in [4.69, 9.17) is 4.98 Å². The van der Waals surface area contributed by atoms with Crippen LogP contribution in [-0.4, -0.2) is 32.7 Å². The fourth-order valence-corrected chi connectivity index (χ4v) is 4.80. The molecule has 2 aromatic heterocycles. The number of rotatable bonds is 4. The highest BCUT2D eigenvalue weighted by molar-refractivity contribution is 7.16. The van der Waals surface area contributed by atoms with Crippen molar-refractivity contribution >= 4 is 23.2 Å². The van der Waals surface area contributed by atoms with Crippen LogP contribution in [-0.2, 0) is 6.42 Å². The van der Waals surface area contributed by atoms with Crippen molar-refractivity contribution in [2.24, 2.45) is 5.92 Å². The number of aromatic nitrogens is 3. The molecule has 0 spiro atoms. The molecule has 2 aromatic rings. The average Bonchev–Trinajstić information content (AvgIpc) is 3.30. The Balaban J connectivity index is 0.00000117. The van der Waals surface area contributed by atoms with E-state index in [2.05, 4.69) is 27.4 Å². The summed E-state index contributed by atoms with van der Waals surface area (Å²) in [4.78, 5) is 14.8. The molecule has 0 amide bonds. The third kappa shape index (κ3) is 4.72. The van der Waals surface area contributed by atoms with Crippen molar-refractivity contribution in [3.8, 4) is 16.6 Å². The second kappa shape index (κ2) is 9.77. The fourth-order valence-electron chi connectivity index (χ4n) is 3.70. The summed E-state index contributed by atoms with van der Waals surface area (Å²) in [6.07, 6.45) is 11.9. The van der Waals surface area contributed by atoms with Gasteiger partial charge in [-0.25, -0.2) is 15.0 Å². The number of aliphatic hydroxyl groups is 1. The molecule has 1 saturated carbocycles. The molecule has 1 unspecified atom stereocenters. The SMILES string of the molecule is CC.Cc1nc(C#N)nc(N[C@H]2CCC(CO)C2)c1-c1nc2c(s1)C=CC=CC2. The van der Waals surface area contributed by atoms with Crippen LogP contribution in [0.25, 0.3) is 16.6 Å². The van der Waals surface area contributed by atoms with E-state index in [0.717, 1.165) is 52.5 Å². The second-order valence-electron chi connectivity index (χ2n) is 6.99. The van der Waals surface area contributed by atoms with Gasteiger partial charge in [0.15, 0.2) is 0 Å². The molecule has 152 valence electrons. The first-order valence-corrected chi connectivity index (χ1v) is 11.0. The lowest BCUT2D eigenvalue weighted by Gasteiger charge is -2.17. The van der Waals surface area contributed by atoms with Crippen molar-refractivity contribution in [3.63, 3.8) is 0 Å². The number of aliphatic hydroxyl groups excluding tert-OH is 1. The van der Waals surface area contributed by atoms with Gasteiger partial charge in [0, 0.05) is 19.1 Å². The lowest BCUT2D eigenvalue weighted by molar-refractivity contribution is 0.229. The number of aryl methyl sites for hydroxylation is 1. The van der Waals surface area contributed by atoms with Crippen LogP contribution in [0.1, 0.15) is 55.2 Å². The van der Waals surface area contributed by atoms with E-state index < -0.39 is 0 Å². The zero-order chi connectivity index (χ0) is 20.8. The largest absolute Gasteiger partial charge is 0.396 e. The molecule has 4 rings (SSSR count). The van der Waals surface area contributed by atoms with Crippen LogP contribution in [0.4, 0.5) is 5.82 Å². The van der Waals surface area contributed by atoms with Gasteiger partial charge in [-0.3, -0.25) is 0 Å². The smallest absolute Gasteiger partial charge is 0.234 e. The van der Waals surface area contributed by atoms with Gasteiger partial charge in [-0.2, -0.15) is 5.26 Å². The summed E-state index contributed by atoms with van der Waals surface area (Å²) in [5.41, 5.74) is 2.68. The van der Waals surface area contributed by atoms with Crippen molar-refractivity contribution in [2.75, 3.05) is 11.9 Å². The molecule has 2 N–H and O–H groups in total. The highest BCUT2D eigenvalue weighted by Crippen LogP contribution is 2.37. The summed E-state index contributed by atoms with van der Waals surface area (Å²) in [7, 11) is 0. The first kappa shape index (κ1) is 21.2. The Bertz CT molecular complexity index is 957. The molecule has 2 aliphatic carbocycles. The molecule has 0 saturated heterocycles. The summed E-state index contributed by atoms with van der Waals surface area (Å²) in [6, 6.07) is 2.29. The number of nitriles is 1. The molecule has 2 heterocycles. The Kier molecular flexibility index (Phi) is 7.13. The molecule has 7 heteroatoms. The van der Waals surface area contributed by atoms with Crippen LogP contribution in [0.15, 0.2) is 18.2 Å². The molecule has 0 radical (unpaired) electrons. The number of hydrogen-bond acceptors (Lipinski definition) is 7. The van der Waals surface area contributed by atoms with Gasteiger partial charge >= 0.3 is 0 Å². The number of hydrogen-bond donors (Lipinski definition) is 2. The number of allylic oxidation sites excluding steroid dienone is 3. The van der Waals surface area contributed by atoms with Crippen molar-refractivity contribution in [1.82, 2.24) is 15.0 Å². The van der Waals surface area contributed by atoms with E-state index in [1.54, 1.807) is 11.3 Å². The minimum Gasteiger partial charge on any atom is -0.396 e. The summed E-state index contributed by atoms with van der Waals surface area (Å²) in [5.74, 6) is 1.17. The highest BCUT2D eigenvalue weighted by Gasteiger charge is 2.27. The van der Waals surface area contributed by atoms with Gasteiger partial charge in [-0.05, 0) is 38.2 Å². The van der Waals surface area contributed by atoms with Crippen LogP contribution in [0, 0.1) is 24.2 Å². The van der Waals surface area contributed by atoms with E-state index in [9.17, 15) is 10.4 Å². The molecule has 2 aliphatic rings. The summed E-state index contributed by atoms with van der Waals surface area (Å²) in [6.45, 7) is 6.12. The summed E-state index contributed by atoms with van der Waals surface area (Å²) in [5, 5.41) is 23.1. The topological polar surface area (TPSA) is 94.7 Å². The minimum atomic E-state index is 0.163. The van der Waals surface area contributed by atoms with Gasteiger partial charge in [0.05, 0.1) is 21.8 Å². The number of anilines is 1. The predicted octanol–water partition coefficient (Wildman–Crippen LogP) is 4.50. The Hall–Kier alpha value is -2.56. The first-order valence-electron chi connectivity index (χ1n) is 10.2. The quantitative estimate of drug-likeness (QED) is 0.772. The zero-order valence-electron chi connectivity index (χ0n) is 17.1. The minimum absolute atomic E-state index is 0.163. The van der Waals surface area contributed by atoms with Gasteiger partial charge in [0.2, 0.25) is 5.82 Å². The van der Waals surface area contributed by atoms with Crippen molar-refractivity contribution in [3.05, 3.63) is 40.3 Å². The standard InChI is InChI=1S/C20H21N5OS.C2H6/c1-12-18(20-24-15-5-3-2-4-6-16(15)27-20)19(25-17(10-21)22-12)23-14-8-7-13(9-14)11-26;1-2/h2-4,6,13-14,26H,5,7-9,11H2,1H3,(H,22,23,25);1-2H3/t13?,14-;/m0./s1. The highest BCUT2D eigenvalue weighted by atomic mass is 32.1. The monoisotopic (exact) mass is 409 g/mol. The third-order valence-corrected chi connectivity index (χ3v) is 6.16. The third-order valence-electron chi connectivity index (χ3n) is 5.08. The number of thiazole rings is 1. The van der Waals surface area contributed by atoms with E-state index in [-0.39, 0.29) is 18.5 Å². The van der Waals surface area contributed by atoms with Gasteiger partial charge in [0.25, 0.3) is 0 Å². The zero-order valence-corrected chi connectivity index (χ0v) is 18.0. The van der Waals surface area contributed by atoms with E-state index in [1.807, 2.05) is 39.0 Å². The van der Waals surface area contributed by atoms with Crippen LogP contribution >= 0.6 is 11.3 Å². The Labute approximate surface area is 176 Å². The van der Waals surface area contributed by atoms with Crippen molar-refractivity contribution in [1.29, 1.82) is 5.26 Å². The molecule has 6 nitrogen and oxygen atoms in total. The lowest BCUT2D eigenvalue weighted by Crippen LogP contribution is -2.19. The van der Waals surface area contributed by atoms with Crippen LogP contribution in [0.5, 0.6) is 0 Å². The summed E-state index contributed by atoms with van der Waals surface area (Å²) < 4.78 is 0. The number of fused-ring (bicyclic) bond motifs is 1. The maximum Gasteiger partial charge on any atom is 0.234 e. The van der Waals surface area contributed by atoms with Crippen LogP contribution in [0.3, 0.4) is 0 Å². The molecular weight excluding hydrogens is 382 g/mol. The molecule has 2 atom stereocenters. The molecule has 0 aliphatic heterocycles. The molecular formula is C22H27N5OS. The maximum absolute atomic E-state index is 9.41. The fraction of sp³-hybridized carbons (Fsp3) is 0.455. The van der Waals surface area contributed by atoms with Crippen molar-refractivity contribution in [2.45, 2.75) is 52.5 Å². The Morgan fingerprint density at radius 1 is 1.24 bits per heavy atom. The Morgan fingerprint density at radius 3 is 2.79 bits per heavy atom. The Morgan fingerprint density at radius 2 is 2.07 bits per heavy atom. The van der Waals surface area contributed by atoms with Gasteiger partial charge < -0.3 is 10.4 Å². The van der Waals surface area contributed by atoms with Gasteiger partial charge in [-0.15, -0.1) is 11.3 Å². The molecule has 1 fully saturated rings. The molecule has 29 heavy (non-hydrogen) atoms. The molecule has 0 aromatic carbocycles. The van der Waals surface area contributed by atoms with E-state index in [1.165, 1.54) is 0 Å². The lowest BCUT2D eigenvalue weighted by atomic mass is 10.1. The normalized spacial score (nSPS) is 19.7. The van der Waals surface area contributed by atoms with Crippen molar-refractivity contribution < 1.29 is 5.11 Å². The first-order chi connectivity index (χ1) is 14.2. The van der Waals surface area contributed by atoms with Crippen LogP contribution in [0.2, 0.25) is 0 Å². The van der Waals surface area contributed by atoms with Gasteiger partial charge in [0.1, 0.15) is 16.9 Å². The second-order valence-corrected chi connectivity index (χ2v) is 8.02. The number of nitrogens with one attached hydrogen (secondary N) is 1. The molecule has 0 bridgehead atoms. The van der Waals surface area contributed by atoms with E-state index >= 15 is 0 Å². The van der Waals surface area contributed by atoms with E-state index in [0.29, 0.717) is 11.7 Å². The maximum atomic E-state index is 9.41. The summed E-state index contributed by atoms with van der Waals surface area (Å²) >= 11 is 1.63. The number of nitrogens with zero attached hydrogens (tertiary/aromatic N) is 4. The van der Waals surface area contributed by atoms with Crippen LogP contribution < -0.4 is 5.32 Å².